The summed E-state index contributed by atoms with van der Waals surface area (Å²) in [5.74, 6) is 3.20. The van der Waals surface area contributed by atoms with Gasteiger partial charge in [-0.25, -0.2) is 4.79 Å². The average molecular weight is 324 g/mol. The van der Waals surface area contributed by atoms with E-state index in [1.165, 1.54) is 24.6 Å². The molecule has 1 N–H and O–H groups in total. The number of carbonyl (C=O) groups excluding carboxylic acids is 1. The Kier molecular flexibility index (Phi) is 5.25. The largest absolute Gasteiger partial charge is 0.359 e. The molecular weight excluding hydrogens is 300 g/mol. The molecule has 3 heterocycles. The van der Waals surface area contributed by atoms with Gasteiger partial charge >= 0.3 is 6.03 Å². The Morgan fingerprint density at radius 1 is 1.36 bits per heavy atom. The van der Waals surface area contributed by atoms with Crippen LogP contribution in [0, 0.1) is 6.92 Å². The van der Waals surface area contributed by atoms with E-state index in [9.17, 15) is 4.79 Å². The lowest BCUT2D eigenvalue weighted by Gasteiger charge is -2.39. The van der Waals surface area contributed by atoms with Crippen molar-refractivity contribution in [2.45, 2.75) is 32.4 Å². The molecule has 2 amide bonds. The number of likely N-dealkylation sites (tertiary alicyclic amines) is 1. The van der Waals surface area contributed by atoms with E-state index in [0.29, 0.717) is 18.3 Å². The molecule has 3 rings (SSSR count). The number of hydrogen-bond acceptors (Lipinski definition) is 5. The van der Waals surface area contributed by atoms with E-state index in [2.05, 4.69) is 15.4 Å². The van der Waals surface area contributed by atoms with Crippen molar-refractivity contribution in [1.29, 1.82) is 0 Å². The fourth-order valence-electron chi connectivity index (χ4n) is 3.15. The first-order valence-electron chi connectivity index (χ1n) is 7.99. The standard InChI is InChI=1S/C15H24N4O2S/c1-12-10-14(21-17-12)11-16-15(20)19-4-2-13(3-5-19)18-6-8-22-9-7-18/h10,13H,2-9,11H2,1H3,(H,16,20). The average Bonchev–Trinajstić information content (AvgIpc) is 2.99. The van der Waals surface area contributed by atoms with E-state index in [-0.39, 0.29) is 6.03 Å². The lowest BCUT2D eigenvalue weighted by Crippen LogP contribution is -2.51. The van der Waals surface area contributed by atoms with Crippen LogP contribution in [-0.4, -0.2) is 64.7 Å². The van der Waals surface area contributed by atoms with Gasteiger partial charge in [0.1, 0.15) is 0 Å². The van der Waals surface area contributed by atoms with Crippen LogP contribution in [-0.2, 0) is 6.54 Å². The molecule has 2 saturated heterocycles. The molecule has 0 saturated carbocycles. The summed E-state index contributed by atoms with van der Waals surface area (Å²) in [4.78, 5) is 16.7. The molecule has 0 aromatic carbocycles. The highest BCUT2D eigenvalue weighted by Crippen LogP contribution is 2.20. The van der Waals surface area contributed by atoms with Crippen molar-refractivity contribution in [3.8, 4) is 0 Å². The number of rotatable bonds is 3. The highest BCUT2D eigenvalue weighted by atomic mass is 32.2. The van der Waals surface area contributed by atoms with E-state index in [1.807, 2.05) is 29.7 Å². The Labute approximate surface area is 135 Å². The predicted octanol–water partition coefficient (Wildman–Crippen LogP) is 1.71. The first kappa shape index (κ1) is 15.7. The number of aryl methyl sites for hydroxylation is 1. The van der Waals surface area contributed by atoms with Gasteiger partial charge in [-0.3, -0.25) is 4.90 Å². The van der Waals surface area contributed by atoms with E-state index >= 15 is 0 Å². The number of piperidine rings is 1. The Morgan fingerprint density at radius 3 is 2.73 bits per heavy atom. The fourth-order valence-corrected chi connectivity index (χ4v) is 4.08. The van der Waals surface area contributed by atoms with E-state index in [0.717, 1.165) is 31.6 Å². The van der Waals surface area contributed by atoms with Crippen LogP contribution in [0.1, 0.15) is 24.3 Å². The first-order valence-corrected chi connectivity index (χ1v) is 9.14. The molecule has 0 atom stereocenters. The molecule has 7 heteroatoms. The Morgan fingerprint density at radius 2 is 2.09 bits per heavy atom. The van der Waals surface area contributed by atoms with Gasteiger partial charge in [-0.05, 0) is 19.8 Å². The molecule has 1 aromatic heterocycles. The quantitative estimate of drug-likeness (QED) is 0.917. The zero-order chi connectivity index (χ0) is 15.4. The maximum atomic E-state index is 12.2. The number of nitrogens with zero attached hydrogens (tertiary/aromatic N) is 3. The molecule has 0 bridgehead atoms. The molecule has 2 fully saturated rings. The van der Waals surface area contributed by atoms with Crippen LogP contribution in [0.15, 0.2) is 10.6 Å². The predicted molar refractivity (Wildman–Crippen MR) is 87.0 cm³/mol. The Bertz CT molecular complexity index is 493. The monoisotopic (exact) mass is 324 g/mol. The molecule has 0 unspecified atom stereocenters. The zero-order valence-electron chi connectivity index (χ0n) is 13.1. The number of thioether (sulfide) groups is 1. The minimum atomic E-state index is 0.00158. The summed E-state index contributed by atoms with van der Waals surface area (Å²) in [6.07, 6.45) is 2.17. The molecule has 22 heavy (non-hydrogen) atoms. The number of hydrogen-bond donors (Lipinski definition) is 1. The molecule has 0 aliphatic carbocycles. The third kappa shape index (κ3) is 3.95. The normalized spacial score (nSPS) is 21.0. The smallest absolute Gasteiger partial charge is 0.317 e. The number of nitrogens with one attached hydrogen (secondary N) is 1. The van der Waals surface area contributed by atoms with Gasteiger partial charge in [-0.1, -0.05) is 5.16 Å². The number of carbonyl (C=O) groups is 1. The number of amides is 2. The summed E-state index contributed by atoms with van der Waals surface area (Å²) in [7, 11) is 0. The van der Waals surface area contributed by atoms with Crippen LogP contribution in [0.4, 0.5) is 4.79 Å². The Hall–Kier alpha value is -1.21. The zero-order valence-corrected chi connectivity index (χ0v) is 13.9. The SMILES string of the molecule is Cc1cc(CNC(=O)N2CCC(N3CCSCC3)CC2)on1. The molecule has 1 aromatic rings. The summed E-state index contributed by atoms with van der Waals surface area (Å²) in [5, 5.41) is 6.73. The van der Waals surface area contributed by atoms with E-state index < -0.39 is 0 Å². The fraction of sp³-hybridized carbons (Fsp3) is 0.733. The molecular formula is C15H24N4O2S. The molecule has 2 aliphatic heterocycles. The van der Waals surface area contributed by atoms with Gasteiger partial charge in [0, 0.05) is 49.8 Å². The van der Waals surface area contributed by atoms with Crippen LogP contribution in [0.5, 0.6) is 0 Å². The molecule has 0 radical (unpaired) electrons. The van der Waals surface area contributed by atoms with Gasteiger partial charge in [0.25, 0.3) is 0 Å². The minimum absolute atomic E-state index is 0.00158. The highest BCUT2D eigenvalue weighted by molar-refractivity contribution is 7.99. The van der Waals surface area contributed by atoms with Crippen molar-refractivity contribution in [3.05, 3.63) is 17.5 Å². The lowest BCUT2D eigenvalue weighted by molar-refractivity contribution is 0.124. The van der Waals surface area contributed by atoms with E-state index in [4.69, 9.17) is 4.52 Å². The van der Waals surface area contributed by atoms with Gasteiger partial charge in [0.2, 0.25) is 0 Å². The van der Waals surface area contributed by atoms with E-state index in [1.54, 1.807) is 0 Å². The summed E-state index contributed by atoms with van der Waals surface area (Å²) in [6.45, 7) is 6.37. The summed E-state index contributed by atoms with van der Waals surface area (Å²) in [5.41, 5.74) is 0.838. The van der Waals surface area contributed by atoms with Crippen molar-refractivity contribution in [2.24, 2.45) is 0 Å². The molecule has 0 spiro atoms. The van der Waals surface area contributed by atoms with Gasteiger partial charge in [0.05, 0.1) is 12.2 Å². The summed E-state index contributed by atoms with van der Waals surface area (Å²) in [6, 6.07) is 2.50. The van der Waals surface area contributed by atoms with Crippen molar-refractivity contribution in [3.63, 3.8) is 0 Å². The van der Waals surface area contributed by atoms with Crippen molar-refractivity contribution in [2.75, 3.05) is 37.7 Å². The lowest BCUT2D eigenvalue weighted by atomic mass is 10.0. The van der Waals surface area contributed by atoms with Crippen molar-refractivity contribution >= 4 is 17.8 Å². The highest BCUT2D eigenvalue weighted by Gasteiger charge is 2.27. The second-order valence-electron chi connectivity index (χ2n) is 5.96. The minimum Gasteiger partial charge on any atom is -0.359 e. The maximum Gasteiger partial charge on any atom is 0.317 e. The molecule has 6 nitrogen and oxygen atoms in total. The summed E-state index contributed by atoms with van der Waals surface area (Å²) >= 11 is 2.04. The van der Waals surface area contributed by atoms with Gasteiger partial charge in [-0.15, -0.1) is 0 Å². The van der Waals surface area contributed by atoms with Gasteiger partial charge in [-0.2, -0.15) is 11.8 Å². The second kappa shape index (κ2) is 7.37. The van der Waals surface area contributed by atoms with Crippen LogP contribution < -0.4 is 5.32 Å². The number of urea groups is 1. The topological polar surface area (TPSA) is 61.6 Å². The van der Waals surface area contributed by atoms with Crippen LogP contribution in [0.25, 0.3) is 0 Å². The molecule has 122 valence electrons. The van der Waals surface area contributed by atoms with Gasteiger partial charge < -0.3 is 14.7 Å². The van der Waals surface area contributed by atoms with Crippen LogP contribution >= 0.6 is 11.8 Å². The maximum absolute atomic E-state index is 12.2. The van der Waals surface area contributed by atoms with Crippen molar-refractivity contribution in [1.82, 2.24) is 20.3 Å². The van der Waals surface area contributed by atoms with Crippen LogP contribution in [0.3, 0.4) is 0 Å². The van der Waals surface area contributed by atoms with Crippen LogP contribution in [0.2, 0.25) is 0 Å². The molecule has 2 aliphatic rings. The number of aromatic nitrogens is 1. The first-order chi connectivity index (χ1) is 10.7. The second-order valence-corrected chi connectivity index (χ2v) is 7.18. The van der Waals surface area contributed by atoms with Crippen molar-refractivity contribution < 1.29 is 9.32 Å². The summed E-state index contributed by atoms with van der Waals surface area (Å²) < 4.78 is 5.11. The third-order valence-corrected chi connectivity index (χ3v) is 5.35. The van der Waals surface area contributed by atoms with Gasteiger partial charge in [0.15, 0.2) is 5.76 Å². The third-order valence-electron chi connectivity index (χ3n) is 4.40. The Balaban J connectivity index is 1.41.